The van der Waals surface area contributed by atoms with Gasteiger partial charge in [0, 0.05) is 11.3 Å². The molecule has 0 radical (unpaired) electrons. The van der Waals surface area contributed by atoms with Gasteiger partial charge in [0.2, 0.25) is 0 Å². The molecule has 0 fully saturated rings. The van der Waals surface area contributed by atoms with Crippen LogP contribution in [-0.2, 0) is 4.74 Å². The molecule has 0 spiro atoms. The monoisotopic (exact) mass is 363 g/mol. The SMILES string of the molecule is Cc1n[nH]c(C)c1-c1ccc(OCC(C)(CC(C)C)OC(N)=O)c(F)c1. The second-order valence-electron chi connectivity index (χ2n) is 7.21. The van der Waals surface area contributed by atoms with Crippen LogP contribution in [0.4, 0.5) is 9.18 Å². The van der Waals surface area contributed by atoms with Gasteiger partial charge < -0.3 is 15.2 Å². The van der Waals surface area contributed by atoms with Gasteiger partial charge in [0.15, 0.2) is 11.6 Å². The first kappa shape index (κ1) is 19.8. The lowest BCUT2D eigenvalue weighted by molar-refractivity contribution is -0.0193. The molecule has 1 aromatic carbocycles. The number of hydrogen-bond acceptors (Lipinski definition) is 4. The number of carbonyl (C=O) groups excluding carboxylic acids is 1. The summed E-state index contributed by atoms with van der Waals surface area (Å²) in [4.78, 5) is 11.2. The molecule has 1 aromatic heterocycles. The Kier molecular flexibility index (Phi) is 5.90. The normalized spacial score (nSPS) is 13.5. The van der Waals surface area contributed by atoms with Gasteiger partial charge in [-0.05, 0) is 50.8 Å². The van der Waals surface area contributed by atoms with E-state index in [1.54, 1.807) is 19.1 Å². The minimum absolute atomic E-state index is 0.00809. The highest BCUT2D eigenvalue weighted by Gasteiger charge is 2.31. The Balaban J connectivity index is 2.18. The summed E-state index contributed by atoms with van der Waals surface area (Å²) in [5, 5.41) is 7.02. The quantitative estimate of drug-likeness (QED) is 0.774. The van der Waals surface area contributed by atoms with Gasteiger partial charge in [-0.15, -0.1) is 0 Å². The van der Waals surface area contributed by atoms with Crippen LogP contribution in [0.2, 0.25) is 0 Å². The van der Waals surface area contributed by atoms with E-state index in [2.05, 4.69) is 10.2 Å². The number of halogens is 1. The Hall–Kier alpha value is -2.57. The molecular weight excluding hydrogens is 337 g/mol. The average molecular weight is 363 g/mol. The molecule has 3 N–H and O–H groups in total. The molecule has 0 saturated carbocycles. The molecule has 0 bridgehead atoms. The smallest absolute Gasteiger partial charge is 0.405 e. The molecule has 1 amide bonds. The molecule has 0 aliphatic heterocycles. The fourth-order valence-electron chi connectivity index (χ4n) is 3.22. The van der Waals surface area contributed by atoms with E-state index in [0.29, 0.717) is 6.42 Å². The average Bonchev–Trinajstić information content (AvgIpc) is 2.83. The van der Waals surface area contributed by atoms with Gasteiger partial charge in [-0.2, -0.15) is 5.10 Å². The number of nitrogens with one attached hydrogen (secondary N) is 1. The molecule has 6 nitrogen and oxygen atoms in total. The first-order chi connectivity index (χ1) is 12.1. The first-order valence-corrected chi connectivity index (χ1v) is 8.54. The number of amides is 1. The van der Waals surface area contributed by atoms with Gasteiger partial charge in [-0.25, -0.2) is 9.18 Å². The fourth-order valence-corrected chi connectivity index (χ4v) is 3.22. The highest BCUT2D eigenvalue weighted by atomic mass is 19.1. The van der Waals surface area contributed by atoms with Crippen molar-refractivity contribution in [2.45, 2.75) is 46.6 Å². The lowest BCUT2D eigenvalue weighted by Gasteiger charge is -2.30. The van der Waals surface area contributed by atoms with Crippen LogP contribution >= 0.6 is 0 Å². The number of benzene rings is 1. The van der Waals surface area contributed by atoms with E-state index < -0.39 is 17.5 Å². The number of H-pyrrole nitrogens is 1. The molecule has 2 rings (SSSR count). The molecule has 0 aliphatic rings. The van der Waals surface area contributed by atoms with Crippen LogP contribution in [0.5, 0.6) is 5.75 Å². The van der Waals surface area contributed by atoms with E-state index in [1.165, 1.54) is 6.07 Å². The van der Waals surface area contributed by atoms with Crippen LogP contribution in [0.1, 0.15) is 38.6 Å². The summed E-state index contributed by atoms with van der Waals surface area (Å²) < 4.78 is 25.3. The molecule has 7 heteroatoms. The zero-order valence-corrected chi connectivity index (χ0v) is 15.9. The number of aromatic nitrogens is 2. The second kappa shape index (κ2) is 7.76. The van der Waals surface area contributed by atoms with Crippen molar-refractivity contribution in [2.24, 2.45) is 11.7 Å². The van der Waals surface area contributed by atoms with E-state index in [9.17, 15) is 9.18 Å². The maximum atomic E-state index is 14.5. The number of rotatable bonds is 7. The zero-order chi connectivity index (χ0) is 19.5. The molecule has 26 heavy (non-hydrogen) atoms. The van der Waals surface area contributed by atoms with Crippen LogP contribution < -0.4 is 10.5 Å². The maximum absolute atomic E-state index is 14.5. The van der Waals surface area contributed by atoms with Gasteiger partial charge in [0.1, 0.15) is 12.2 Å². The van der Waals surface area contributed by atoms with Crippen LogP contribution in [0.15, 0.2) is 18.2 Å². The number of ether oxygens (including phenoxy) is 2. The Bertz CT molecular complexity index is 769. The van der Waals surface area contributed by atoms with Crippen molar-refractivity contribution in [3.63, 3.8) is 0 Å². The number of nitrogens with two attached hydrogens (primary N) is 1. The van der Waals surface area contributed by atoms with E-state index in [-0.39, 0.29) is 18.3 Å². The van der Waals surface area contributed by atoms with Crippen molar-refractivity contribution >= 4 is 6.09 Å². The molecular formula is C19H26FN3O3. The van der Waals surface area contributed by atoms with Gasteiger partial charge >= 0.3 is 6.09 Å². The van der Waals surface area contributed by atoms with E-state index in [0.717, 1.165) is 22.5 Å². The van der Waals surface area contributed by atoms with E-state index >= 15 is 0 Å². The number of carbonyl (C=O) groups is 1. The number of nitrogens with zero attached hydrogens (tertiary/aromatic N) is 1. The van der Waals surface area contributed by atoms with Crippen molar-refractivity contribution in [2.75, 3.05) is 6.61 Å². The first-order valence-electron chi connectivity index (χ1n) is 8.54. The number of aryl methyl sites for hydroxylation is 2. The second-order valence-corrected chi connectivity index (χ2v) is 7.21. The molecule has 1 unspecified atom stereocenters. The largest absolute Gasteiger partial charge is 0.486 e. The third-order valence-electron chi connectivity index (χ3n) is 4.07. The Morgan fingerprint density at radius 2 is 2.08 bits per heavy atom. The summed E-state index contributed by atoms with van der Waals surface area (Å²) in [6.45, 7) is 9.47. The minimum Gasteiger partial charge on any atom is -0.486 e. The molecule has 0 saturated heterocycles. The van der Waals surface area contributed by atoms with E-state index in [1.807, 2.05) is 27.7 Å². The predicted octanol–water partition coefficient (Wildman–Crippen LogP) is 4.11. The number of primary amides is 1. The van der Waals surface area contributed by atoms with Crippen molar-refractivity contribution in [1.29, 1.82) is 0 Å². The third kappa shape index (κ3) is 4.74. The summed E-state index contributed by atoms with van der Waals surface area (Å²) >= 11 is 0. The highest BCUT2D eigenvalue weighted by Crippen LogP contribution is 2.30. The van der Waals surface area contributed by atoms with Gasteiger partial charge in [0.05, 0.1) is 5.69 Å². The number of hydrogen-bond donors (Lipinski definition) is 2. The van der Waals surface area contributed by atoms with Gasteiger partial charge in [0.25, 0.3) is 0 Å². The van der Waals surface area contributed by atoms with Gasteiger partial charge in [-0.1, -0.05) is 19.9 Å². The van der Waals surface area contributed by atoms with E-state index in [4.69, 9.17) is 15.2 Å². The Labute approximate surface area is 152 Å². The van der Waals surface area contributed by atoms with Crippen molar-refractivity contribution in [3.8, 4) is 16.9 Å². The molecule has 1 heterocycles. The third-order valence-corrected chi connectivity index (χ3v) is 4.07. The zero-order valence-electron chi connectivity index (χ0n) is 15.9. The molecule has 142 valence electrons. The lowest BCUT2D eigenvalue weighted by Crippen LogP contribution is -2.41. The number of aromatic amines is 1. The molecule has 0 aliphatic carbocycles. The molecule has 2 aromatic rings. The highest BCUT2D eigenvalue weighted by molar-refractivity contribution is 5.69. The Morgan fingerprint density at radius 1 is 1.38 bits per heavy atom. The summed E-state index contributed by atoms with van der Waals surface area (Å²) in [7, 11) is 0. The maximum Gasteiger partial charge on any atom is 0.405 e. The summed E-state index contributed by atoms with van der Waals surface area (Å²) in [5.41, 5.74) is 7.49. The molecule has 1 atom stereocenters. The van der Waals surface area contributed by atoms with Crippen LogP contribution in [0.25, 0.3) is 11.1 Å². The van der Waals surface area contributed by atoms with Crippen LogP contribution in [0, 0.1) is 25.6 Å². The van der Waals surface area contributed by atoms with Crippen molar-refractivity contribution in [1.82, 2.24) is 10.2 Å². The summed E-state index contributed by atoms with van der Waals surface area (Å²) in [6, 6.07) is 4.75. The summed E-state index contributed by atoms with van der Waals surface area (Å²) in [6.07, 6.45) is -0.332. The minimum atomic E-state index is -0.928. The van der Waals surface area contributed by atoms with Gasteiger partial charge in [-0.3, -0.25) is 5.10 Å². The fraction of sp³-hybridized carbons (Fsp3) is 0.474. The topological polar surface area (TPSA) is 90.2 Å². The van der Waals surface area contributed by atoms with Crippen molar-refractivity contribution in [3.05, 3.63) is 35.4 Å². The lowest BCUT2D eigenvalue weighted by atomic mass is 9.95. The van der Waals surface area contributed by atoms with Crippen molar-refractivity contribution < 1.29 is 18.7 Å². The Morgan fingerprint density at radius 3 is 2.58 bits per heavy atom. The van der Waals surface area contributed by atoms with Crippen LogP contribution in [-0.4, -0.2) is 28.5 Å². The predicted molar refractivity (Wildman–Crippen MR) is 97.5 cm³/mol. The standard InChI is InChI=1S/C19H26FN3O3/c1-11(2)9-19(5,26-18(21)24)10-25-16-7-6-14(8-15(16)20)17-12(3)22-23-13(17)4/h6-8,11H,9-10H2,1-5H3,(H2,21,24)(H,22,23). The summed E-state index contributed by atoms with van der Waals surface area (Å²) in [5.74, 6) is -0.147. The van der Waals surface area contributed by atoms with Crippen LogP contribution in [0.3, 0.4) is 0 Å².